The second-order valence-electron chi connectivity index (χ2n) is 6.74. The van der Waals surface area contributed by atoms with Gasteiger partial charge in [-0.25, -0.2) is 9.98 Å². The van der Waals surface area contributed by atoms with Gasteiger partial charge in [-0.3, -0.25) is 5.41 Å². The molecule has 0 radical (unpaired) electrons. The molecule has 0 atom stereocenters. The van der Waals surface area contributed by atoms with Crippen LogP contribution in [0, 0.1) is 28.1 Å². The van der Waals surface area contributed by atoms with Gasteiger partial charge in [0.15, 0.2) is 5.84 Å². The zero-order chi connectivity index (χ0) is 23.6. The lowest BCUT2D eigenvalue weighted by Gasteiger charge is -2.17. The number of nitrogens with one attached hydrogen (secondary N) is 2. The summed E-state index contributed by atoms with van der Waals surface area (Å²) in [6.07, 6.45) is 4.99. The predicted molar refractivity (Wildman–Crippen MR) is 135 cm³/mol. The number of nitrogens with zero attached hydrogens (tertiary/aromatic N) is 4. The lowest BCUT2D eigenvalue weighted by Crippen LogP contribution is -2.10. The van der Waals surface area contributed by atoms with E-state index in [2.05, 4.69) is 22.4 Å². The Bertz CT molecular complexity index is 1210. The largest absolute Gasteiger partial charge is 0.393 e. The van der Waals surface area contributed by atoms with Crippen LogP contribution in [-0.4, -0.2) is 48.6 Å². The van der Waals surface area contributed by atoms with E-state index in [-0.39, 0.29) is 5.84 Å². The molecule has 2 heterocycles. The van der Waals surface area contributed by atoms with Crippen molar-refractivity contribution in [2.75, 3.05) is 31.6 Å². The highest BCUT2D eigenvalue weighted by Crippen LogP contribution is 2.37. The molecule has 2 aromatic rings. The molecule has 1 aliphatic heterocycles. The summed E-state index contributed by atoms with van der Waals surface area (Å²) in [5.74, 6) is 0.950. The summed E-state index contributed by atoms with van der Waals surface area (Å²) in [6, 6.07) is 14.0. The zero-order valence-corrected chi connectivity index (χ0v) is 19.9. The van der Waals surface area contributed by atoms with Crippen LogP contribution in [0.3, 0.4) is 0 Å². The number of hydrogen-bond donors (Lipinski definition) is 2. The number of aromatic nitrogens is 1. The molecule has 9 heteroatoms. The Morgan fingerprint density at radius 1 is 1.18 bits per heavy atom. The zero-order valence-electron chi connectivity index (χ0n) is 18.3. The van der Waals surface area contributed by atoms with Gasteiger partial charge in [-0.05, 0) is 11.6 Å². The fourth-order valence-electron chi connectivity index (χ4n) is 3.16. The Labute approximate surface area is 201 Å². The van der Waals surface area contributed by atoms with E-state index in [4.69, 9.17) is 15.1 Å². The number of ether oxygens (including phenoxy) is 1. The molecule has 7 nitrogen and oxygen atoms in total. The molecule has 0 bridgehead atoms. The normalized spacial score (nSPS) is 14.0. The smallest absolute Gasteiger partial charge is 0.153 e. The van der Waals surface area contributed by atoms with Gasteiger partial charge in [0.05, 0.1) is 23.4 Å². The maximum atomic E-state index is 10.1. The Kier molecular flexibility index (Phi) is 8.85. The van der Waals surface area contributed by atoms with Crippen molar-refractivity contribution >= 4 is 41.1 Å². The summed E-state index contributed by atoms with van der Waals surface area (Å²) in [4.78, 5) is 8.93. The van der Waals surface area contributed by atoms with Crippen LogP contribution in [0.15, 0.2) is 58.2 Å². The van der Waals surface area contributed by atoms with Crippen molar-refractivity contribution in [1.29, 1.82) is 15.9 Å². The van der Waals surface area contributed by atoms with Gasteiger partial charge in [0.2, 0.25) is 0 Å². The van der Waals surface area contributed by atoms with Gasteiger partial charge in [-0.2, -0.15) is 10.5 Å². The van der Waals surface area contributed by atoms with Gasteiger partial charge < -0.3 is 10.1 Å². The molecule has 33 heavy (non-hydrogen) atoms. The van der Waals surface area contributed by atoms with Crippen molar-refractivity contribution in [1.82, 2.24) is 10.3 Å². The summed E-state index contributed by atoms with van der Waals surface area (Å²) in [5, 5.41) is 32.4. The SMILES string of the molecule is CN/C=C1/C=C(c2nc(SCSCCOC)c(C#N)c(-c3ccccc3)c2C#N)C=NC1=N. The van der Waals surface area contributed by atoms with E-state index in [9.17, 15) is 10.5 Å². The van der Waals surface area contributed by atoms with Crippen molar-refractivity contribution in [2.24, 2.45) is 4.99 Å². The molecule has 0 saturated heterocycles. The highest BCUT2D eigenvalue weighted by Gasteiger charge is 2.24. The molecule has 0 aliphatic carbocycles. The highest BCUT2D eigenvalue weighted by molar-refractivity contribution is 8.16. The van der Waals surface area contributed by atoms with Crippen molar-refractivity contribution in [2.45, 2.75) is 5.03 Å². The van der Waals surface area contributed by atoms with E-state index in [1.807, 2.05) is 30.3 Å². The predicted octanol–water partition coefficient (Wildman–Crippen LogP) is 4.47. The van der Waals surface area contributed by atoms with Gasteiger partial charge in [0.1, 0.15) is 17.2 Å². The van der Waals surface area contributed by atoms with Crippen molar-refractivity contribution < 1.29 is 4.74 Å². The molecule has 1 aromatic heterocycles. The second-order valence-corrected chi connectivity index (χ2v) is 9.17. The first-order valence-corrected chi connectivity index (χ1v) is 12.1. The van der Waals surface area contributed by atoms with Crippen molar-refractivity contribution in [3.8, 4) is 23.3 Å². The Balaban J connectivity index is 2.20. The molecule has 0 spiro atoms. The number of aliphatic imine (C=N–C) groups is 1. The highest BCUT2D eigenvalue weighted by atomic mass is 32.2. The first kappa shape index (κ1) is 24.3. The van der Waals surface area contributed by atoms with Gasteiger partial charge in [-0.1, -0.05) is 42.1 Å². The molecule has 1 aromatic carbocycles. The number of methoxy groups -OCH3 is 1. The van der Waals surface area contributed by atoms with Gasteiger partial charge in [-0.15, -0.1) is 11.8 Å². The standard InChI is InChI=1S/C24H22N6OS2/c1-28-13-18-10-17(14-29-23(18)27)22-19(11-25)21(16-6-4-3-5-7-16)20(12-26)24(30-22)33-15-32-9-8-31-2/h3-7,10,13-14,27-28H,8-9,15H2,1-2H3/b18-13-,27-23?. The molecule has 2 N–H and O–H groups in total. The fraction of sp³-hybridized carbons (Fsp3) is 0.208. The van der Waals surface area contributed by atoms with E-state index < -0.39 is 0 Å². The van der Waals surface area contributed by atoms with Gasteiger partial charge in [0.25, 0.3) is 0 Å². The molecule has 1 aliphatic rings. The fourth-order valence-corrected chi connectivity index (χ4v) is 5.14. The van der Waals surface area contributed by atoms with Crippen LogP contribution in [0.25, 0.3) is 16.7 Å². The maximum Gasteiger partial charge on any atom is 0.153 e. The minimum atomic E-state index is 0.118. The summed E-state index contributed by atoms with van der Waals surface area (Å²) in [7, 11) is 3.41. The van der Waals surface area contributed by atoms with E-state index in [0.717, 1.165) is 11.3 Å². The third-order valence-corrected chi connectivity index (χ3v) is 6.81. The van der Waals surface area contributed by atoms with Crippen molar-refractivity contribution in [3.05, 3.63) is 65.0 Å². The summed E-state index contributed by atoms with van der Waals surface area (Å²) in [6.45, 7) is 0.646. The van der Waals surface area contributed by atoms with E-state index in [1.54, 1.807) is 44.4 Å². The summed E-state index contributed by atoms with van der Waals surface area (Å²) in [5.41, 5.74) is 3.66. The van der Waals surface area contributed by atoms with E-state index in [0.29, 0.717) is 50.2 Å². The molecular formula is C24H22N6OS2. The Morgan fingerprint density at radius 3 is 2.61 bits per heavy atom. The van der Waals surface area contributed by atoms with Crippen LogP contribution in [0.5, 0.6) is 0 Å². The molecule has 0 unspecified atom stereocenters. The summed E-state index contributed by atoms with van der Waals surface area (Å²) < 4.78 is 5.10. The average molecular weight is 475 g/mol. The monoisotopic (exact) mass is 474 g/mol. The molecular weight excluding hydrogens is 452 g/mol. The van der Waals surface area contributed by atoms with Crippen molar-refractivity contribution in [3.63, 3.8) is 0 Å². The Morgan fingerprint density at radius 2 is 1.94 bits per heavy atom. The quantitative estimate of drug-likeness (QED) is 0.313. The minimum absolute atomic E-state index is 0.118. The third kappa shape index (κ3) is 5.71. The van der Waals surface area contributed by atoms with Gasteiger partial charge in [0, 0.05) is 54.1 Å². The second kappa shape index (κ2) is 12.0. The minimum Gasteiger partial charge on any atom is -0.393 e. The number of allylic oxidation sites excluding steroid dienone is 1. The van der Waals surface area contributed by atoms with Crippen LogP contribution in [-0.2, 0) is 4.74 Å². The summed E-state index contributed by atoms with van der Waals surface area (Å²) >= 11 is 3.15. The number of amidine groups is 1. The number of dihydropyridines is 1. The van der Waals surface area contributed by atoms with E-state index in [1.165, 1.54) is 11.8 Å². The van der Waals surface area contributed by atoms with Crippen LogP contribution < -0.4 is 5.32 Å². The lowest BCUT2D eigenvalue weighted by atomic mass is 9.92. The number of thioether (sulfide) groups is 2. The van der Waals surface area contributed by atoms with Crippen LogP contribution in [0.2, 0.25) is 0 Å². The number of benzene rings is 1. The number of pyridine rings is 1. The molecule has 0 fully saturated rings. The van der Waals surface area contributed by atoms with Crippen LogP contribution in [0.4, 0.5) is 0 Å². The molecule has 0 amide bonds. The number of nitriles is 2. The Hall–Kier alpha value is -3.37. The van der Waals surface area contributed by atoms with Gasteiger partial charge >= 0.3 is 0 Å². The van der Waals surface area contributed by atoms with Crippen LogP contribution in [0.1, 0.15) is 16.8 Å². The first-order chi connectivity index (χ1) is 16.1. The lowest BCUT2D eigenvalue weighted by molar-refractivity contribution is 0.219. The number of hydrogen-bond acceptors (Lipinski definition) is 8. The topological polar surface area (TPSA) is 118 Å². The number of rotatable bonds is 9. The maximum absolute atomic E-state index is 10.1. The third-order valence-electron chi connectivity index (χ3n) is 4.65. The molecule has 166 valence electrons. The molecule has 0 saturated carbocycles. The van der Waals surface area contributed by atoms with E-state index >= 15 is 0 Å². The average Bonchev–Trinajstić information content (AvgIpc) is 2.85. The first-order valence-electron chi connectivity index (χ1n) is 10.00. The van der Waals surface area contributed by atoms with Crippen LogP contribution >= 0.6 is 23.5 Å². The molecule has 3 rings (SSSR count).